The normalized spacial score (nSPS) is 48.2. The van der Waals surface area contributed by atoms with Crippen molar-refractivity contribution in [2.45, 2.75) is 185 Å². The molecule has 0 aromatic carbocycles. The lowest BCUT2D eigenvalue weighted by atomic mass is 9.71. The van der Waals surface area contributed by atoms with E-state index < -0.39 is 96.9 Å². The van der Waals surface area contributed by atoms with E-state index in [1.807, 2.05) is 32.1 Å². The van der Waals surface area contributed by atoms with E-state index in [4.69, 9.17) is 53.9 Å². The summed E-state index contributed by atoms with van der Waals surface area (Å²) in [6.45, 7) is 16.0. The van der Waals surface area contributed by atoms with Crippen molar-refractivity contribution in [3.8, 4) is 0 Å². The lowest BCUT2D eigenvalue weighted by Crippen LogP contribution is -2.58. The molecule has 7 aliphatic rings. The summed E-state index contributed by atoms with van der Waals surface area (Å²) in [5.74, 6) is -2.72. The first kappa shape index (κ1) is 45.9. The predicted octanol–water partition coefficient (Wildman–Crippen LogP) is 5.59. The number of aliphatic hydroxyl groups excluding tert-OH is 1. The van der Waals surface area contributed by atoms with E-state index in [2.05, 4.69) is 39.8 Å². The molecule has 0 aromatic rings. The molecule has 0 amide bonds. The topological polar surface area (TPSA) is 167 Å². The Morgan fingerprint density at radius 2 is 1.73 bits per heavy atom. The standard InChI is InChI=1S/C48H70O14/c1-11-25(2)43-28(5)17-18-47(62-43)23-34-20-33(61-47)16-15-27(4)42(26(3)13-12-14-32-24-55-45-40(49)29(6)19-35(46(51)58-34)48(32,45)52)59-39-22-37(54-10)44(31(8)57-39)60-38-21-36(53-9)41(50)30(7)56-38/h12-15,17-19,25-26,28,30-31,33-40,42-45,49,52H,11,16,20-24H2,1-10H3/b13-12+,27-15+,32-14+/t25?,26?,28-,30?,31?,33?,34?,35?,36?,37?,38-,39-,40?,42?,43?,44?,45?,47?,48+/m0/s1/i49T. The summed E-state index contributed by atoms with van der Waals surface area (Å²) in [6, 6.07) is 0. The van der Waals surface area contributed by atoms with E-state index in [-0.39, 0.29) is 49.1 Å². The number of ether oxygens (including phenoxy) is 10. The molecule has 2 bridgehead atoms. The summed E-state index contributed by atoms with van der Waals surface area (Å²) >= 11 is 0. The first-order chi connectivity index (χ1) is 30.0. The van der Waals surface area contributed by atoms with Crippen LogP contribution < -0.4 is 0 Å². The molecular formula is C48H70O14. The van der Waals surface area contributed by atoms with Gasteiger partial charge in [-0.2, -0.15) is 0 Å². The van der Waals surface area contributed by atoms with Gasteiger partial charge in [-0.05, 0) is 62.8 Å². The molecule has 1 aliphatic carbocycles. The Morgan fingerprint density at radius 3 is 2.45 bits per heavy atom. The van der Waals surface area contributed by atoms with Gasteiger partial charge >= 0.3 is 5.97 Å². The van der Waals surface area contributed by atoms with Gasteiger partial charge in [0.15, 0.2) is 24.2 Å². The Hall–Kier alpha value is -2.60. The van der Waals surface area contributed by atoms with E-state index in [1.165, 1.54) is 7.11 Å². The van der Waals surface area contributed by atoms with Crippen molar-refractivity contribution in [1.29, 1.82) is 1.43 Å². The van der Waals surface area contributed by atoms with E-state index in [0.717, 1.165) is 12.0 Å². The number of hydrogen-bond donors (Lipinski definition) is 2. The fourth-order valence-corrected chi connectivity index (χ4v) is 10.4. The third-order valence-electron chi connectivity index (χ3n) is 14.3. The lowest BCUT2D eigenvalue weighted by molar-refractivity contribution is -0.305. The van der Waals surface area contributed by atoms with Crippen molar-refractivity contribution in [3.05, 3.63) is 59.3 Å². The highest BCUT2D eigenvalue weighted by Crippen LogP contribution is 2.47. The maximum Gasteiger partial charge on any atom is 0.316 e. The number of carbonyl (C=O) groups excluding carboxylic acids is 2. The summed E-state index contributed by atoms with van der Waals surface area (Å²) in [5.41, 5.74) is 0.194. The Morgan fingerprint density at radius 1 is 0.952 bits per heavy atom. The van der Waals surface area contributed by atoms with Crippen LogP contribution in [0, 0.1) is 23.7 Å². The zero-order valence-corrected chi connectivity index (χ0v) is 38.1. The third kappa shape index (κ3) is 9.53. The largest absolute Gasteiger partial charge is 0.462 e. The highest BCUT2D eigenvalue weighted by atomic mass is 16.7. The van der Waals surface area contributed by atoms with Gasteiger partial charge in [-0.25, -0.2) is 0 Å². The van der Waals surface area contributed by atoms with Gasteiger partial charge in [-0.3, -0.25) is 9.59 Å². The van der Waals surface area contributed by atoms with Crippen molar-refractivity contribution in [2.24, 2.45) is 23.7 Å². The summed E-state index contributed by atoms with van der Waals surface area (Å²) in [6.07, 6.45) is 8.82. The predicted molar refractivity (Wildman–Crippen MR) is 226 cm³/mol. The molecule has 0 aromatic heterocycles. The van der Waals surface area contributed by atoms with Crippen molar-refractivity contribution in [1.82, 2.24) is 0 Å². The molecule has 6 aliphatic heterocycles. The lowest BCUT2D eigenvalue weighted by Gasteiger charge is -2.48. The van der Waals surface area contributed by atoms with Crippen molar-refractivity contribution in [3.63, 3.8) is 0 Å². The monoisotopic (exact) mass is 872 g/mol. The second kappa shape index (κ2) is 19.5. The quantitative estimate of drug-likeness (QED) is 0.218. The summed E-state index contributed by atoms with van der Waals surface area (Å²) < 4.78 is 71.4. The van der Waals surface area contributed by atoms with Crippen LogP contribution in [0.5, 0.6) is 0 Å². The number of Topliss-reactive ketones (excluding diaryl/α,β-unsaturated/α-hetero) is 1. The van der Waals surface area contributed by atoms with E-state index in [9.17, 15) is 14.7 Å². The van der Waals surface area contributed by atoms with Crippen LogP contribution in [0.4, 0.5) is 0 Å². The average Bonchev–Trinajstić information content (AvgIpc) is 3.59. The maximum absolute atomic E-state index is 14.4. The minimum absolute atomic E-state index is 0.0302. The SMILES string of the molecule is [3H]OC1C(C)=CC2C(=O)OC3CC(C/C=C(\C)C(O[C@H]4CC(OC)C(O[C@H]5CC(OC)C(=O)C(C)O5)C(C)O4)C(C)/C=C/C=C4\COC1[C@@]42O)OC1(C=C[C@H](C)C(C(C)CC)O1)C3. The molecule has 15 unspecified atom stereocenters. The number of aliphatic hydroxyl groups is 2. The summed E-state index contributed by atoms with van der Waals surface area (Å²) in [4.78, 5) is 27.0. The second-order valence-corrected chi connectivity index (χ2v) is 18.7. The number of esters is 1. The van der Waals surface area contributed by atoms with Gasteiger partial charge < -0.3 is 57.6 Å². The van der Waals surface area contributed by atoms with Crippen LogP contribution in [-0.2, 0) is 57.0 Å². The van der Waals surface area contributed by atoms with Gasteiger partial charge in [0.25, 0.3) is 0 Å². The number of hydrogen-bond acceptors (Lipinski definition) is 14. The van der Waals surface area contributed by atoms with Crippen LogP contribution in [0.15, 0.2) is 59.3 Å². The Balaban J connectivity index is 1.19. The Kier molecular flexibility index (Phi) is 14.4. The van der Waals surface area contributed by atoms with E-state index >= 15 is 0 Å². The van der Waals surface area contributed by atoms with Crippen LogP contribution in [0.25, 0.3) is 0 Å². The average molecular weight is 873 g/mol. The number of fused-ring (bicyclic) bond motifs is 2. The number of carbonyl (C=O) groups is 2. The van der Waals surface area contributed by atoms with Gasteiger partial charge in [0.1, 0.15) is 48.1 Å². The first-order valence-electron chi connectivity index (χ1n) is 23.1. The minimum atomic E-state index is -1.83. The Labute approximate surface area is 368 Å². The molecule has 14 nitrogen and oxygen atoms in total. The van der Waals surface area contributed by atoms with E-state index in [1.54, 1.807) is 33.1 Å². The minimum Gasteiger partial charge on any atom is -0.462 e. The molecule has 62 heavy (non-hydrogen) atoms. The van der Waals surface area contributed by atoms with Gasteiger partial charge in [0, 0.05) is 51.7 Å². The van der Waals surface area contributed by atoms with Crippen LogP contribution in [0.1, 0.15) is 93.9 Å². The molecule has 2 N–H and O–H groups in total. The smallest absolute Gasteiger partial charge is 0.316 e. The molecule has 6 heterocycles. The molecule has 4 saturated heterocycles. The zero-order chi connectivity index (χ0) is 45.4. The number of methoxy groups -OCH3 is 2. The third-order valence-corrected chi connectivity index (χ3v) is 14.3. The fourth-order valence-electron chi connectivity index (χ4n) is 10.4. The molecule has 7 rings (SSSR count). The molecule has 1 spiro atoms. The zero-order valence-electron chi connectivity index (χ0n) is 39.1. The highest BCUT2D eigenvalue weighted by Gasteiger charge is 2.60. The van der Waals surface area contributed by atoms with Gasteiger partial charge in [0.05, 0.1) is 37.1 Å². The van der Waals surface area contributed by atoms with Crippen LogP contribution in [-0.4, -0.2) is 135 Å². The number of allylic oxidation sites excluding steroid dienone is 2. The molecule has 0 saturated carbocycles. The summed E-state index contributed by atoms with van der Waals surface area (Å²) in [7, 11) is 3.14. The van der Waals surface area contributed by atoms with Gasteiger partial charge in [-0.15, -0.1) is 0 Å². The maximum atomic E-state index is 14.4. The van der Waals surface area contributed by atoms with Crippen LogP contribution >= 0.6 is 0 Å². The van der Waals surface area contributed by atoms with E-state index in [0.29, 0.717) is 30.4 Å². The number of rotatable bonds is 9. The Bertz CT molecular complexity index is 1800. The van der Waals surface area contributed by atoms with Crippen molar-refractivity contribution in [2.75, 3.05) is 20.8 Å². The van der Waals surface area contributed by atoms with Crippen LogP contribution in [0.3, 0.4) is 0 Å². The second-order valence-electron chi connectivity index (χ2n) is 18.7. The highest BCUT2D eigenvalue weighted by molar-refractivity contribution is 5.87. The van der Waals surface area contributed by atoms with Crippen molar-refractivity contribution >= 4 is 11.8 Å². The molecule has 0 radical (unpaired) electrons. The molecular weight excluding hydrogens is 801 g/mol. The number of ketones is 1. The molecule has 346 valence electrons. The van der Waals surface area contributed by atoms with Gasteiger partial charge in [-0.1, -0.05) is 70.6 Å². The fraction of sp³-hybridized carbons (Fsp3) is 0.750. The first-order valence-corrected chi connectivity index (χ1v) is 22.7. The molecule has 19 atom stereocenters. The van der Waals surface area contributed by atoms with Gasteiger partial charge in [0.2, 0.25) is 1.43 Å². The molecule has 4 fully saturated rings. The molecule has 14 heteroatoms. The van der Waals surface area contributed by atoms with Crippen LogP contribution in [0.2, 0.25) is 0 Å². The summed E-state index contributed by atoms with van der Waals surface area (Å²) in [5, 5.41) is 17.7. The van der Waals surface area contributed by atoms with Crippen molar-refractivity contribution < 1.29 is 67.2 Å².